The summed E-state index contributed by atoms with van der Waals surface area (Å²) in [5.41, 5.74) is 3.32. The van der Waals surface area contributed by atoms with E-state index in [9.17, 15) is 0 Å². The topological polar surface area (TPSA) is 48.8 Å². The second kappa shape index (κ2) is 7.10. The number of nitrogens with one attached hydrogen (secondary N) is 2. The third kappa shape index (κ3) is 4.30. The molecule has 0 spiro atoms. The van der Waals surface area contributed by atoms with Crippen LogP contribution < -0.4 is 10.6 Å². The van der Waals surface area contributed by atoms with Crippen LogP contribution in [-0.4, -0.2) is 24.3 Å². The molecule has 4 atom stereocenters. The third-order valence-electron chi connectivity index (χ3n) is 6.42. The summed E-state index contributed by atoms with van der Waals surface area (Å²) in [7, 11) is 0. The summed E-state index contributed by atoms with van der Waals surface area (Å²) >= 11 is 0. The molecule has 4 unspecified atom stereocenters. The van der Waals surface area contributed by atoms with E-state index in [-0.39, 0.29) is 10.8 Å². The first-order valence-electron chi connectivity index (χ1n) is 10.5. The minimum Gasteiger partial charge on any atom is -0.369 e. The molecule has 3 aliphatic rings. The number of aliphatic imine (C=N–C) groups is 2. The van der Waals surface area contributed by atoms with Crippen LogP contribution in [0.1, 0.15) is 68.2 Å². The van der Waals surface area contributed by atoms with Gasteiger partial charge in [0.25, 0.3) is 0 Å². The highest BCUT2D eigenvalue weighted by Crippen LogP contribution is 2.54. The lowest BCUT2D eigenvalue weighted by molar-refractivity contribution is 0.240. The van der Waals surface area contributed by atoms with Crippen LogP contribution in [0.25, 0.3) is 0 Å². The SMILES string of the molecule is CC1=NC=C(C(C)C)C(C(C)(C)CC2CC2C2=CN=CNC2C(C)(C)C)N1. The first-order chi connectivity index (χ1) is 12.5. The predicted molar refractivity (Wildman–Crippen MR) is 116 cm³/mol. The van der Waals surface area contributed by atoms with Crippen LogP contribution >= 0.6 is 0 Å². The fourth-order valence-corrected chi connectivity index (χ4v) is 4.85. The van der Waals surface area contributed by atoms with E-state index in [0.717, 1.165) is 11.8 Å². The second-order valence-corrected chi connectivity index (χ2v) is 10.7. The summed E-state index contributed by atoms with van der Waals surface area (Å²) in [6.07, 6.45) is 8.60. The lowest BCUT2D eigenvalue weighted by atomic mass is 9.72. The van der Waals surface area contributed by atoms with Crippen molar-refractivity contribution in [2.24, 2.45) is 38.6 Å². The highest BCUT2D eigenvalue weighted by Gasteiger charge is 2.48. The van der Waals surface area contributed by atoms with E-state index in [1.165, 1.54) is 24.0 Å². The molecule has 2 N–H and O–H groups in total. The summed E-state index contributed by atoms with van der Waals surface area (Å²) in [6, 6.07) is 0.757. The van der Waals surface area contributed by atoms with Gasteiger partial charge in [0.2, 0.25) is 0 Å². The minimum absolute atomic E-state index is 0.190. The molecule has 4 nitrogen and oxygen atoms in total. The smallest absolute Gasteiger partial charge is 0.0988 e. The summed E-state index contributed by atoms with van der Waals surface area (Å²) in [5, 5.41) is 7.19. The van der Waals surface area contributed by atoms with Gasteiger partial charge in [0.1, 0.15) is 0 Å². The van der Waals surface area contributed by atoms with E-state index in [2.05, 4.69) is 88.4 Å². The van der Waals surface area contributed by atoms with Gasteiger partial charge in [-0.15, -0.1) is 0 Å². The van der Waals surface area contributed by atoms with E-state index in [1.807, 2.05) is 6.34 Å². The van der Waals surface area contributed by atoms with Crippen molar-refractivity contribution in [2.45, 2.75) is 80.3 Å². The molecule has 1 aliphatic carbocycles. The molecule has 0 saturated heterocycles. The van der Waals surface area contributed by atoms with Gasteiger partial charge in [0, 0.05) is 12.4 Å². The normalized spacial score (nSPS) is 30.9. The van der Waals surface area contributed by atoms with Gasteiger partial charge in [0.15, 0.2) is 0 Å². The van der Waals surface area contributed by atoms with Gasteiger partial charge in [-0.25, -0.2) is 9.98 Å². The van der Waals surface area contributed by atoms with Crippen LogP contribution in [0.3, 0.4) is 0 Å². The van der Waals surface area contributed by atoms with Gasteiger partial charge in [-0.1, -0.05) is 48.5 Å². The predicted octanol–water partition coefficient (Wildman–Crippen LogP) is 4.90. The number of nitrogens with zero attached hydrogens (tertiary/aromatic N) is 2. The maximum Gasteiger partial charge on any atom is 0.0988 e. The van der Waals surface area contributed by atoms with Crippen LogP contribution in [0, 0.1) is 28.6 Å². The van der Waals surface area contributed by atoms with Crippen molar-refractivity contribution in [1.29, 1.82) is 0 Å². The fraction of sp³-hybridized carbons (Fsp3) is 0.739. The number of hydrogen-bond donors (Lipinski definition) is 2. The Morgan fingerprint density at radius 1 is 1.11 bits per heavy atom. The Balaban J connectivity index is 1.71. The number of hydrogen-bond acceptors (Lipinski definition) is 4. The Morgan fingerprint density at radius 3 is 2.44 bits per heavy atom. The molecule has 0 bridgehead atoms. The molecule has 150 valence electrons. The van der Waals surface area contributed by atoms with Gasteiger partial charge >= 0.3 is 0 Å². The molecule has 1 fully saturated rings. The Hall–Kier alpha value is -1.58. The van der Waals surface area contributed by atoms with E-state index >= 15 is 0 Å². The Kier molecular flexibility index (Phi) is 5.31. The van der Waals surface area contributed by atoms with Gasteiger partial charge in [-0.05, 0) is 59.5 Å². The van der Waals surface area contributed by atoms with Crippen LogP contribution in [0.4, 0.5) is 0 Å². The average molecular weight is 371 g/mol. The Labute approximate surface area is 165 Å². The molecule has 3 rings (SSSR count). The molecular weight excluding hydrogens is 332 g/mol. The zero-order chi connectivity index (χ0) is 20.0. The molecular formula is C23H38N4. The van der Waals surface area contributed by atoms with Crippen LogP contribution in [0.2, 0.25) is 0 Å². The van der Waals surface area contributed by atoms with Gasteiger partial charge in [0.05, 0.1) is 24.3 Å². The summed E-state index contributed by atoms with van der Waals surface area (Å²) in [5.74, 6) is 2.97. The molecule has 0 aromatic carbocycles. The minimum atomic E-state index is 0.190. The standard InChI is InChI=1S/C23H38N4/c1-14(2)18-12-25-15(3)27-21(18)23(7,8)10-16-9-17(16)19-11-24-13-26-20(19)22(4,5)6/h11-14,16-17,20-21H,9-10H2,1-8H3,(H,24,26)(H,25,27). The van der Waals surface area contributed by atoms with E-state index in [1.54, 1.807) is 0 Å². The van der Waals surface area contributed by atoms with Crippen molar-refractivity contribution < 1.29 is 0 Å². The second-order valence-electron chi connectivity index (χ2n) is 10.7. The lowest BCUT2D eigenvalue weighted by Crippen LogP contribution is -2.48. The van der Waals surface area contributed by atoms with Gasteiger partial charge in [-0.3, -0.25) is 0 Å². The molecule has 1 saturated carbocycles. The summed E-state index contributed by atoms with van der Waals surface area (Å²) < 4.78 is 0. The molecule has 0 amide bonds. The fourth-order valence-electron chi connectivity index (χ4n) is 4.85. The zero-order valence-corrected chi connectivity index (χ0v) is 18.4. The molecule has 2 heterocycles. The Bertz CT molecular complexity index is 688. The monoisotopic (exact) mass is 370 g/mol. The summed E-state index contributed by atoms with van der Waals surface area (Å²) in [6.45, 7) is 18.4. The van der Waals surface area contributed by atoms with Crippen molar-refractivity contribution in [2.75, 3.05) is 0 Å². The highest BCUT2D eigenvalue weighted by atomic mass is 15.0. The van der Waals surface area contributed by atoms with Crippen LogP contribution in [-0.2, 0) is 0 Å². The first kappa shape index (κ1) is 20.2. The number of amidine groups is 1. The van der Waals surface area contributed by atoms with Crippen molar-refractivity contribution in [1.82, 2.24) is 10.6 Å². The van der Waals surface area contributed by atoms with E-state index in [4.69, 9.17) is 0 Å². The molecule has 0 aromatic heterocycles. The molecule has 0 radical (unpaired) electrons. The molecule has 27 heavy (non-hydrogen) atoms. The van der Waals surface area contributed by atoms with E-state index < -0.39 is 0 Å². The largest absolute Gasteiger partial charge is 0.369 e. The lowest BCUT2D eigenvalue weighted by Gasteiger charge is -2.40. The van der Waals surface area contributed by atoms with E-state index in [0.29, 0.717) is 23.9 Å². The molecule has 2 aliphatic heterocycles. The Morgan fingerprint density at radius 2 is 1.81 bits per heavy atom. The van der Waals surface area contributed by atoms with Gasteiger partial charge < -0.3 is 10.6 Å². The highest BCUT2D eigenvalue weighted by molar-refractivity contribution is 5.82. The molecule has 0 aromatic rings. The number of rotatable bonds is 5. The third-order valence-corrected chi connectivity index (χ3v) is 6.42. The maximum absolute atomic E-state index is 4.53. The zero-order valence-electron chi connectivity index (χ0n) is 18.4. The maximum atomic E-state index is 4.53. The quantitative estimate of drug-likeness (QED) is 0.723. The van der Waals surface area contributed by atoms with Crippen LogP contribution in [0.5, 0.6) is 0 Å². The van der Waals surface area contributed by atoms with Gasteiger partial charge in [-0.2, -0.15) is 0 Å². The summed E-state index contributed by atoms with van der Waals surface area (Å²) in [4.78, 5) is 8.94. The van der Waals surface area contributed by atoms with Crippen molar-refractivity contribution in [3.63, 3.8) is 0 Å². The van der Waals surface area contributed by atoms with Crippen LogP contribution in [0.15, 0.2) is 33.5 Å². The molecule has 4 heteroatoms. The first-order valence-corrected chi connectivity index (χ1v) is 10.5. The van der Waals surface area contributed by atoms with Crippen molar-refractivity contribution in [3.8, 4) is 0 Å². The van der Waals surface area contributed by atoms with Crippen molar-refractivity contribution in [3.05, 3.63) is 23.5 Å². The average Bonchev–Trinajstić information content (AvgIpc) is 3.32. The van der Waals surface area contributed by atoms with Crippen molar-refractivity contribution >= 4 is 12.2 Å².